The van der Waals surface area contributed by atoms with Gasteiger partial charge in [0, 0.05) is 10.5 Å². The topological polar surface area (TPSA) is 21.3 Å². The van der Waals surface area contributed by atoms with Crippen molar-refractivity contribution in [1.29, 1.82) is 0 Å². The molecule has 0 radical (unpaired) electrons. The number of hydrogen-bond donors (Lipinski definition) is 1. The third kappa shape index (κ3) is 5.64. The average molecular weight is 286 g/mol. The van der Waals surface area contributed by atoms with E-state index in [4.69, 9.17) is 4.84 Å². The Morgan fingerprint density at radius 2 is 1.81 bits per heavy atom. The van der Waals surface area contributed by atoms with Crippen LogP contribution in [0.25, 0.3) is 0 Å². The summed E-state index contributed by atoms with van der Waals surface area (Å²) < 4.78 is 1.11. The molecule has 0 aliphatic heterocycles. The fraction of sp³-hybridized carbons (Fsp3) is 0.538. The van der Waals surface area contributed by atoms with Crippen LogP contribution < -0.4 is 5.48 Å². The molecule has 2 nitrogen and oxygen atoms in total. The first-order valence-corrected chi connectivity index (χ1v) is 6.34. The van der Waals surface area contributed by atoms with Gasteiger partial charge in [-0.3, -0.25) is 4.84 Å². The Hall–Kier alpha value is -0.380. The predicted octanol–water partition coefficient (Wildman–Crippen LogP) is 3.70. The summed E-state index contributed by atoms with van der Waals surface area (Å²) in [4.78, 5) is 5.53. The van der Waals surface area contributed by atoms with Gasteiger partial charge in [-0.05, 0) is 51.8 Å². The number of rotatable bonds is 4. The van der Waals surface area contributed by atoms with Crippen molar-refractivity contribution in [2.24, 2.45) is 0 Å². The molecule has 0 amide bonds. The molecule has 0 spiro atoms. The largest absolute Gasteiger partial charge is 0.296 e. The van der Waals surface area contributed by atoms with Gasteiger partial charge in [-0.15, -0.1) is 0 Å². The summed E-state index contributed by atoms with van der Waals surface area (Å²) in [6.45, 7) is 8.22. The molecular weight excluding hydrogens is 266 g/mol. The van der Waals surface area contributed by atoms with Crippen molar-refractivity contribution in [3.63, 3.8) is 0 Å². The van der Waals surface area contributed by atoms with Gasteiger partial charge >= 0.3 is 0 Å². The Morgan fingerprint density at radius 3 is 2.31 bits per heavy atom. The van der Waals surface area contributed by atoms with Crippen molar-refractivity contribution in [2.45, 2.75) is 45.8 Å². The molecule has 0 aliphatic rings. The van der Waals surface area contributed by atoms with Crippen LogP contribution in [0.3, 0.4) is 0 Å². The number of hydroxylamine groups is 1. The number of hydrogen-bond acceptors (Lipinski definition) is 2. The molecule has 0 bridgehead atoms. The van der Waals surface area contributed by atoms with Crippen molar-refractivity contribution in [3.05, 3.63) is 34.3 Å². The van der Waals surface area contributed by atoms with Crippen molar-refractivity contribution in [2.75, 3.05) is 0 Å². The predicted molar refractivity (Wildman–Crippen MR) is 71.3 cm³/mol. The van der Waals surface area contributed by atoms with E-state index in [1.807, 2.05) is 20.8 Å². The second kappa shape index (κ2) is 5.80. The van der Waals surface area contributed by atoms with Crippen LogP contribution in [0, 0.1) is 0 Å². The zero-order chi connectivity index (χ0) is 12.2. The quantitative estimate of drug-likeness (QED) is 0.852. The van der Waals surface area contributed by atoms with Crippen LogP contribution in [-0.4, -0.2) is 11.6 Å². The van der Waals surface area contributed by atoms with E-state index in [0.717, 1.165) is 10.9 Å². The van der Waals surface area contributed by atoms with Gasteiger partial charge in [0.15, 0.2) is 0 Å². The summed E-state index contributed by atoms with van der Waals surface area (Å²) in [7, 11) is 0. The Morgan fingerprint density at radius 1 is 1.25 bits per heavy atom. The zero-order valence-electron chi connectivity index (χ0n) is 10.4. The van der Waals surface area contributed by atoms with E-state index in [1.54, 1.807) is 0 Å². The first-order valence-electron chi connectivity index (χ1n) is 5.55. The molecule has 0 fully saturated rings. The van der Waals surface area contributed by atoms with Crippen LogP contribution in [0.2, 0.25) is 0 Å². The molecule has 1 rings (SSSR count). The summed E-state index contributed by atoms with van der Waals surface area (Å²) in [5, 5.41) is 0. The zero-order valence-corrected chi connectivity index (χ0v) is 12.0. The van der Waals surface area contributed by atoms with E-state index in [2.05, 4.69) is 52.6 Å². The van der Waals surface area contributed by atoms with Gasteiger partial charge in [-0.2, -0.15) is 5.48 Å². The lowest BCUT2D eigenvalue weighted by atomic mass is 10.1. The average Bonchev–Trinajstić information content (AvgIpc) is 2.18. The fourth-order valence-corrected chi connectivity index (χ4v) is 1.56. The molecule has 90 valence electrons. The van der Waals surface area contributed by atoms with Crippen LogP contribution in [0.1, 0.15) is 33.3 Å². The minimum absolute atomic E-state index is 0.145. The smallest absolute Gasteiger partial charge is 0.0813 e. The van der Waals surface area contributed by atoms with E-state index >= 15 is 0 Å². The lowest BCUT2D eigenvalue weighted by Crippen LogP contribution is -2.36. The van der Waals surface area contributed by atoms with Gasteiger partial charge in [0.25, 0.3) is 0 Å². The summed E-state index contributed by atoms with van der Waals surface area (Å²) in [5.74, 6) is 0. The molecule has 0 saturated carbocycles. The van der Waals surface area contributed by atoms with E-state index in [0.29, 0.717) is 6.04 Å². The van der Waals surface area contributed by atoms with Gasteiger partial charge < -0.3 is 0 Å². The molecule has 1 atom stereocenters. The monoisotopic (exact) mass is 285 g/mol. The Bertz CT molecular complexity index is 316. The van der Waals surface area contributed by atoms with Gasteiger partial charge in [0.2, 0.25) is 0 Å². The lowest BCUT2D eigenvalue weighted by molar-refractivity contribution is -0.0857. The molecule has 0 saturated heterocycles. The van der Waals surface area contributed by atoms with E-state index in [-0.39, 0.29) is 5.60 Å². The first-order chi connectivity index (χ1) is 7.37. The maximum Gasteiger partial charge on any atom is 0.0813 e. The van der Waals surface area contributed by atoms with E-state index in [9.17, 15) is 0 Å². The Labute approximate surface area is 106 Å². The highest BCUT2D eigenvalue weighted by Crippen LogP contribution is 2.12. The third-order valence-electron chi connectivity index (χ3n) is 2.02. The SMILES string of the molecule is CC(Cc1ccc(Br)cc1)NOC(C)(C)C. The summed E-state index contributed by atoms with van der Waals surface area (Å²) in [6.07, 6.45) is 0.962. The molecule has 1 N–H and O–H groups in total. The maximum atomic E-state index is 5.53. The molecule has 1 aromatic rings. The molecule has 0 aliphatic carbocycles. The third-order valence-corrected chi connectivity index (χ3v) is 2.55. The minimum atomic E-state index is -0.145. The molecule has 16 heavy (non-hydrogen) atoms. The molecule has 0 heterocycles. The van der Waals surface area contributed by atoms with Gasteiger partial charge in [-0.25, -0.2) is 0 Å². The van der Waals surface area contributed by atoms with Crippen molar-refractivity contribution >= 4 is 15.9 Å². The van der Waals surface area contributed by atoms with Gasteiger partial charge in [0.1, 0.15) is 0 Å². The number of benzene rings is 1. The van der Waals surface area contributed by atoms with Crippen molar-refractivity contribution < 1.29 is 4.84 Å². The standard InChI is InChI=1S/C13H20BrNO/c1-10(15-16-13(2,3)4)9-11-5-7-12(14)8-6-11/h5-8,10,15H,9H2,1-4H3. The van der Waals surface area contributed by atoms with Crippen LogP contribution >= 0.6 is 15.9 Å². The maximum absolute atomic E-state index is 5.53. The highest BCUT2D eigenvalue weighted by Gasteiger charge is 2.12. The second-order valence-electron chi connectivity index (χ2n) is 5.06. The van der Waals surface area contributed by atoms with Gasteiger partial charge in [-0.1, -0.05) is 28.1 Å². The van der Waals surface area contributed by atoms with Crippen LogP contribution in [0.4, 0.5) is 0 Å². The van der Waals surface area contributed by atoms with Crippen LogP contribution in [0.5, 0.6) is 0 Å². The Kier molecular flexibility index (Phi) is 4.96. The molecular formula is C13H20BrNO. The summed E-state index contributed by atoms with van der Waals surface area (Å²) in [6, 6.07) is 8.68. The van der Waals surface area contributed by atoms with Gasteiger partial charge in [0.05, 0.1) is 5.60 Å². The highest BCUT2D eigenvalue weighted by atomic mass is 79.9. The highest BCUT2D eigenvalue weighted by molar-refractivity contribution is 9.10. The van der Waals surface area contributed by atoms with E-state index in [1.165, 1.54) is 5.56 Å². The molecule has 1 aromatic carbocycles. The molecule has 1 unspecified atom stereocenters. The summed E-state index contributed by atoms with van der Waals surface area (Å²) >= 11 is 3.43. The lowest BCUT2D eigenvalue weighted by Gasteiger charge is -2.23. The fourth-order valence-electron chi connectivity index (χ4n) is 1.29. The number of nitrogens with one attached hydrogen (secondary N) is 1. The van der Waals surface area contributed by atoms with Crippen LogP contribution in [-0.2, 0) is 11.3 Å². The molecule has 3 heteroatoms. The van der Waals surface area contributed by atoms with Crippen molar-refractivity contribution in [1.82, 2.24) is 5.48 Å². The van der Waals surface area contributed by atoms with Crippen LogP contribution in [0.15, 0.2) is 28.7 Å². The van der Waals surface area contributed by atoms with E-state index < -0.39 is 0 Å². The van der Waals surface area contributed by atoms with Crippen molar-refractivity contribution in [3.8, 4) is 0 Å². The second-order valence-corrected chi connectivity index (χ2v) is 5.98. The normalized spacial score (nSPS) is 13.8. The first kappa shape index (κ1) is 13.7. The number of halogens is 1. The Balaban J connectivity index is 2.39. The molecule has 0 aromatic heterocycles. The summed E-state index contributed by atoms with van der Waals surface area (Å²) in [5.41, 5.74) is 4.24. The minimum Gasteiger partial charge on any atom is -0.296 e.